The van der Waals surface area contributed by atoms with Gasteiger partial charge < -0.3 is 15.9 Å². The van der Waals surface area contributed by atoms with Crippen LogP contribution in [0, 0.1) is 0 Å². The molecule has 1 aromatic carbocycles. The summed E-state index contributed by atoms with van der Waals surface area (Å²) in [6, 6.07) is 5.04. The number of hydrogen-bond donors (Lipinski definition) is 2. The first kappa shape index (κ1) is 17.4. The fraction of sp³-hybridized carbons (Fsp3) is 0.357. The molecule has 23 heavy (non-hydrogen) atoms. The minimum absolute atomic E-state index is 0.164. The molecule has 0 aliphatic heterocycles. The molecule has 0 fully saturated rings. The lowest BCUT2D eigenvalue weighted by molar-refractivity contribution is -0.113. The van der Waals surface area contributed by atoms with Crippen molar-refractivity contribution >= 4 is 35.0 Å². The number of aromatic nitrogens is 3. The maximum atomic E-state index is 12.0. The van der Waals surface area contributed by atoms with E-state index in [2.05, 4.69) is 15.5 Å². The number of methoxy groups -OCH3 is 1. The highest BCUT2D eigenvalue weighted by Crippen LogP contribution is 2.27. The van der Waals surface area contributed by atoms with Gasteiger partial charge in [-0.15, -0.1) is 10.2 Å². The highest BCUT2D eigenvalue weighted by molar-refractivity contribution is 7.99. The Morgan fingerprint density at radius 2 is 2.22 bits per heavy atom. The maximum Gasteiger partial charge on any atom is 0.234 e. The van der Waals surface area contributed by atoms with Gasteiger partial charge in [0.2, 0.25) is 11.1 Å². The quantitative estimate of drug-likeness (QED) is 0.610. The molecular formula is C14H18ClN5O2S. The number of halogens is 1. The van der Waals surface area contributed by atoms with Crippen LogP contribution in [0.15, 0.2) is 23.4 Å². The van der Waals surface area contributed by atoms with E-state index in [0.717, 1.165) is 0 Å². The number of carbonyl (C=O) groups excluding carboxylic acids is 1. The number of nitrogens with zero attached hydrogens (tertiary/aromatic N) is 3. The zero-order valence-corrected chi connectivity index (χ0v) is 14.6. The molecule has 7 nitrogen and oxygen atoms in total. The van der Waals surface area contributed by atoms with Crippen LogP contribution >= 0.6 is 23.4 Å². The third-order valence-electron chi connectivity index (χ3n) is 2.98. The minimum Gasteiger partial charge on any atom is -0.495 e. The second-order valence-electron chi connectivity index (χ2n) is 5.05. The number of benzene rings is 1. The smallest absolute Gasteiger partial charge is 0.234 e. The molecule has 0 unspecified atom stereocenters. The molecule has 0 radical (unpaired) electrons. The minimum atomic E-state index is -0.190. The zero-order chi connectivity index (χ0) is 17.0. The Balaban J connectivity index is 1.94. The summed E-state index contributed by atoms with van der Waals surface area (Å²) in [4.78, 5) is 12.0. The molecule has 0 aliphatic carbocycles. The van der Waals surface area contributed by atoms with Crippen molar-refractivity contribution in [1.29, 1.82) is 0 Å². The van der Waals surface area contributed by atoms with Crippen LogP contribution < -0.4 is 15.9 Å². The second-order valence-corrected chi connectivity index (χ2v) is 6.40. The van der Waals surface area contributed by atoms with Crippen molar-refractivity contribution in [2.24, 2.45) is 0 Å². The van der Waals surface area contributed by atoms with Gasteiger partial charge in [-0.3, -0.25) is 4.79 Å². The zero-order valence-electron chi connectivity index (χ0n) is 13.0. The van der Waals surface area contributed by atoms with Gasteiger partial charge in [-0.1, -0.05) is 37.2 Å². The highest BCUT2D eigenvalue weighted by Gasteiger charge is 2.14. The summed E-state index contributed by atoms with van der Waals surface area (Å²) < 4.78 is 6.47. The molecule has 0 bridgehead atoms. The summed E-state index contributed by atoms with van der Waals surface area (Å²) >= 11 is 7.24. The van der Waals surface area contributed by atoms with E-state index in [0.29, 0.717) is 27.4 Å². The molecule has 3 N–H and O–H groups in total. The van der Waals surface area contributed by atoms with Gasteiger partial charge in [-0.2, -0.15) is 0 Å². The van der Waals surface area contributed by atoms with Crippen LogP contribution in [0.3, 0.4) is 0 Å². The first-order valence-corrected chi connectivity index (χ1v) is 8.25. The first-order valence-electron chi connectivity index (χ1n) is 6.89. The monoisotopic (exact) mass is 355 g/mol. The Bertz CT molecular complexity index is 704. The lowest BCUT2D eigenvalue weighted by atomic mass is 10.2. The van der Waals surface area contributed by atoms with Crippen molar-refractivity contribution in [2.75, 3.05) is 24.0 Å². The Labute approximate surface area is 143 Å². The van der Waals surface area contributed by atoms with Crippen LogP contribution in [0.5, 0.6) is 5.75 Å². The van der Waals surface area contributed by atoms with E-state index in [4.69, 9.17) is 22.2 Å². The predicted octanol–water partition coefficient (Wildman–Crippen LogP) is 2.51. The molecule has 2 aromatic rings. The molecular weight excluding hydrogens is 338 g/mol. The summed E-state index contributed by atoms with van der Waals surface area (Å²) in [5.41, 5.74) is 0.596. The average Bonchev–Trinajstić information content (AvgIpc) is 2.86. The highest BCUT2D eigenvalue weighted by atomic mass is 35.5. The number of nitrogens with two attached hydrogens (primary N) is 1. The number of carbonyl (C=O) groups is 1. The number of anilines is 1. The van der Waals surface area contributed by atoms with Gasteiger partial charge in [-0.05, 0) is 18.2 Å². The second kappa shape index (κ2) is 7.56. The predicted molar refractivity (Wildman–Crippen MR) is 91.6 cm³/mol. The van der Waals surface area contributed by atoms with Gasteiger partial charge in [0.15, 0.2) is 5.82 Å². The van der Waals surface area contributed by atoms with Gasteiger partial charge in [0.1, 0.15) is 5.75 Å². The van der Waals surface area contributed by atoms with E-state index in [9.17, 15) is 4.79 Å². The van der Waals surface area contributed by atoms with Gasteiger partial charge in [0, 0.05) is 11.6 Å². The van der Waals surface area contributed by atoms with Gasteiger partial charge in [0.05, 0.1) is 17.9 Å². The standard InChI is InChI=1S/C14H18ClN5O2S/c1-8(2)13-18-19-14(20(13)16)23-7-12(21)17-9-4-5-11(22-3)10(15)6-9/h4-6,8H,7,16H2,1-3H3,(H,17,21). The molecule has 124 valence electrons. The van der Waals surface area contributed by atoms with Crippen LogP contribution in [0.25, 0.3) is 0 Å². The van der Waals surface area contributed by atoms with E-state index >= 15 is 0 Å². The van der Waals surface area contributed by atoms with Crippen LogP contribution in [-0.4, -0.2) is 33.6 Å². The van der Waals surface area contributed by atoms with Crippen molar-refractivity contribution < 1.29 is 9.53 Å². The van der Waals surface area contributed by atoms with E-state index in [1.54, 1.807) is 18.2 Å². The van der Waals surface area contributed by atoms with E-state index in [-0.39, 0.29) is 17.6 Å². The average molecular weight is 356 g/mol. The Hall–Kier alpha value is -1.93. The van der Waals surface area contributed by atoms with Crippen molar-refractivity contribution in [3.8, 4) is 5.75 Å². The molecule has 1 heterocycles. The molecule has 0 saturated carbocycles. The lowest BCUT2D eigenvalue weighted by Gasteiger charge is -2.08. The number of amides is 1. The number of nitrogen functional groups attached to an aromatic ring is 1. The maximum absolute atomic E-state index is 12.0. The van der Waals surface area contributed by atoms with Crippen molar-refractivity contribution in [3.05, 3.63) is 29.0 Å². The Kier molecular flexibility index (Phi) is 5.73. The van der Waals surface area contributed by atoms with Crippen LogP contribution in [0.1, 0.15) is 25.6 Å². The van der Waals surface area contributed by atoms with E-state index < -0.39 is 0 Å². The van der Waals surface area contributed by atoms with Gasteiger partial charge >= 0.3 is 0 Å². The fourth-order valence-corrected chi connectivity index (χ4v) is 2.77. The molecule has 0 aliphatic rings. The molecule has 0 atom stereocenters. The Morgan fingerprint density at radius 1 is 1.48 bits per heavy atom. The molecule has 1 aromatic heterocycles. The van der Waals surface area contributed by atoms with Gasteiger partial charge in [-0.25, -0.2) is 4.68 Å². The summed E-state index contributed by atoms with van der Waals surface area (Å²) in [6.45, 7) is 3.95. The lowest BCUT2D eigenvalue weighted by Crippen LogP contribution is -2.17. The molecule has 0 saturated heterocycles. The van der Waals surface area contributed by atoms with Crippen LogP contribution in [-0.2, 0) is 4.79 Å². The van der Waals surface area contributed by atoms with E-state index in [1.165, 1.54) is 23.5 Å². The first-order chi connectivity index (χ1) is 10.9. The normalized spacial score (nSPS) is 10.8. The SMILES string of the molecule is COc1ccc(NC(=O)CSc2nnc(C(C)C)n2N)cc1Cl. The number of ether oxygens (including phenoxy) is 1. The van der Waals surface area contributed by atoms with Crippen LogP contribution in [0.2, 0.25) is 5.02 Å². The fourth-order valence-electron chi connectivity index (χ4n) is 1.85. The van der Waals surface area contributed by atoms with Crippen molar-refractivity contribution in [3.63, 3.8) is 0 Å². The van der Waals surface area contributed by atoms with Crippen LogP contribution in [0.4, 0.5) is 5.69 Å². The molecule has 9 heteroatoms. The summed E-state index contributed by atoms with van der Waals surface area (Å²) in [5.74, 6) is 7.27. The van der Waals surface area contributed by atoms with Gasteiger partial charge in [0.25, 0.3) is 0 Å². The largest absolute Gasteiger partial charge is 0.495 e. The third kappa shape index (κ3) is 4.29. The number of nitrogens with one attached hydrogen (secondary N) is 1. The number of rotatable bonds is 6. The third-order valence-corrected chi connectivity index (χ3v) is 4.21. The van der Waals surface area contributed by atoms with E-state index in [1.807, 2.05) is 13.8 Å². The molecule has 2 rings (SSSR count). The number of hydrogen-bond acceptors (Lipinski definition) is 6. The molecule has 0 spiro atoms. The molecule has 1 amide bonds. The summed E-state index contributed by atoms with van der Waals surface area (Å²) in [6.07, 6.45) is 0. The van der Waals surface area contributed by atoms with Crippen molar-refractivity contribution in [1.82, 2.24) is 14.9 Å². The number of thioether (sulfide) groups is 1. The topological polar surface area (TPSA) is 95.1 Å². The van der Waals surface area contributed by atoms with Crippen molar-refractivity contribution in [2.45, 2.75) is 24.9 Å². The summed E-state index contributed by atoms with van der Waals surface area (Å²) in [5, 5.41) is 11.7. The summed E-state index contributed by atoms with van der Waals surface area (Å²) in [7, 11) is 1.53. The Morgan fingerprint density at radius 3 is 2.78 bits per heavy atom.